The van der Waals surface area contributed by atoms with Gasteiger partial charge in [0.25, 0.3) is 0 Å². The van der Waals surface area contributed by atoms with E-state index in [0.717, 1.165) is 26.2 Å². The maximum atomic E-state index is 10.1. The lowest BCUT2D eigenvalue weighted by molar-refractivity contribution is -0.0184. The van der Waals surface area contributed by atoms with E-state index in [0.29, 0.717) is 19.2 Å². The predicted molar refractivity (Wildman–Crippen MR) is 81.1 cm³/mol. The molecular formula is C15H32N2O3. The van der Waals surface area contributed by atoms with E-state index in [9.17, 15) is 5.11 Å². The lowest BCUT2D eigenvalue weighted by atomic mass is 10.0. The number of rotatable bonds is 10. The number of nitrogens with one attached hydrogen (secondary N) is 1. The van der Waals surface area contributed by atoms with E-state index in [2.05, 4.69) is 10.2 Å². The number of aliphatic hydroxyl groups excluding tert-OH is 1. The van der Waals surface area contributed by atoms with Crippen LogP contribution < -0.4 is 5.32 Å². The van der Waals surface area contributed by atoms with Gasteiger partial charge in [-0.25, -0.2) is 0 Å². The highest BCUT2D eigenvalue weighted by Gasteiger charge is 2.24. The molecule has 0 radical (unpaired) electrons. The highest BCUT2D eigenvalue weighted by molar-refractivity contribution is 4.80. The number of likely N-dealkylation sites (tertiary alicyclic amines) is 1. The summed E-state index contributed by atoms with van der Waals surface area (Å²) in [6, 6.07) is 0.523. The van der Waals surface area contributed by atoms with Gasteiger partial charge in [-0.15, -0.1) is 0 Å². The van der Waals surface area contributed by atoms with Crippen molar-refractivity contribution in [2.75, 3.05) is 46.5 Å². The number of methoxy groups -OCH3 is 1. The van der Waals surface area contributed by atoms with Crippen LogP contribution >= 0.6 is 0 Å². The third-order valence-corrected chi connectivity index (χ3v) is 3.68. The summed E-state index contributed by atoms with van der Waals surface area (Å²) < 4.78 is 10.5. The van der Waals surface area contributed by atoms with E-state index in [1.54, 1.807) is 7.11 Å². The number of aliphatic hydroxyl groups is 1. The Bertz CT molecular complexity index is 239. The zero-order valence-corrected chi connectivity index (χ0v) is 13.3. The van der Waals surface area contributed by atoms with Crippen LogP contribution in [0, 0.1) is 0 Å². The van der Waals surface area contributed by atoms with E-state index in [1.807, 2.05) is 13.8 Å². The van der Waals surface area contributed by atoms with Crippen molar-refractivity contribution in [3.8, 4) is 0 Å². The Morgan fingerprint density at radius 1 is 1.35 bits per heavy atom. The van der Waals surface area contributed by atoms with Crippen LogP contribution in [-0.4, -0.2) is 74.8 Å². The number of ether oxygens (including phenoxy) is 2. The summed E-state index contributed by atoms with van der Waals surface area (Å²) in [4.78, 5) is 2.40. The van der Waals surface area contributed by atoms with Crippen LogP contribution in [0.15, 0.2) is 0 Å². The Balaban J connectivity index is 2.27. The van der Waals surface area contributed by atoms with Gasteiger partial charge in [-0.2, -0.15) is 0 Å². The summed E-state index contributed by atoms with van der Waals surface area (Å²) in [5.74, 6) is 0. The molecule has 2 N–H and O–H groups in total. The molecule has 0 spiro atoms. The first-order chi connectivity index (χ1) is 9.63. The molecule has 1 fully saturated rings. The number of β-amino-alcohol motifs (C(OH)–C–C–N with tert-alkyl or cyclic N) is 1. The van der Waals surface area contributed by atoms with E-state index in [-0.39, 0.29) is 6.10 Å². The van der Waals surface area contributed by atoms with Gasteiger partial charge in [-0.3, -0.25) is 4.90 Å². The van der Waals surface area contributed by atoms with Crippen molar-refractivity contribution in [1.29, 1.82) is 0 Å². The van der Waals surface area contributed by atoms with Gasteiger partial charge in [0.1, 0.15) is 0 Å². The molecule has 5 nitrogen and oxygen atoms in total. The SMILES string of the molecule is COCCNCC1CCCCN1CC(O)COC(C)C. The van der Waals surface area contributed by atoms with Crippen molar-refractivity contribution in [2.45, 2.75) is 51.4 Å². The smallest absolute Gasteiger partial charge is 0.0900 e. The molecule has 0 bridgehead atoms. The van der Waals surface area contributed by atoms with Crippen molar-refractivity contribution in [3.05, 3.63) is 0 Å². The van der Waals surface area contributed by atoms with Gasteiger partial charge in [0.15, 0.2) is 0 Å². The lowest BCUT2D eigenvalue weighted by Gasteiger charge is -2.37. The van der Waals surface area contributed by atoms with Crippen LogP contribution in [0.1, 0.15) is 33.1 Å². The minimum absolute atomic E-state index is 0.178. The zero-order chi connectivity index (χ0) is 14.8. The Morgan fingerprint density at radius 3 is 2.85 bits per heavy atom. The van der Waals surface area contributed by atoms with Crippen LogP contribution in [0.2, 0.25) is 0 Å². The average molecular weight is 288 g/mol. The van der Waals surface area contributed by atoms with Gasteiger partial charge in [0.2, 0.25) is 0 Å². The van der Waals surface area contributed by atoms with Crippen LogP contribution in [0.3, 0.4) is 0 Å². The van der Waals surface area contributed by atoms with E-state index in [4.69, 9.17) is 9.47 Å². The highest BCUT2D eigenvalue weighted by atomic mass is 16.5. The Hall–Kier alpha value is -0.200. The Labute approximate surface area is 123 Å². The van der Waals surface area contributed by atoms with Crippen molar-refractivity contribution < 1.29 is 14.6 Å². The first kappa shape index (κ1) is 17.9. The third kappa shape index (κ3) is 7.55. The van der Waals surface area contributed by atoms with E-state index >= 15 is 0 Å². The molecule has 0 aromatic carbocycles. The van der Waals surface area contributed by atoms with Gasteiger partial charge in [-0.1, -0.05) is 6.42 Å². The van der Waals surface area contributed by atoms with Gasteiger partial charge >= 0.3 is 0 Å². The summed E-state index contributed by atoms with van der Waals surface area (Å²) in [6.07, 6.45) is 3.50. The first-order valence-corrected chi connectivity index (χ1v) is 7.86. The summed E-state index contributed by atoms with van der Waals surface area (Å²) >= 11 is 0. The molecule has 0 saturated carbocycles. The van der Waals surface area contributed by atoms with Crippen LogP contribution in [0.25, 0.3) is 0 Å². The fourth-order valence-electron chi connectivity index (χ4n) is 2.60. The van der Waals surface area contributed by atoms with Gasteiger partial charge in [-0.05, 0) is 33.2 Å². The second kappa shape index (κ2) is 10.5. The maximum Gasteiger partial charge on any atom is 0.0900 e. The average Bonchev–Trinajstić information content (AvgIpc) is 2.43. The molecule has 1 rings (SSSR count). The minimum Gasteiger partial charge on any atom is -0.389 e. The summed E-state index contributed by atoms with van der Waals surface area (Å²) in [5.41, 5.74) is 0. The van der Waals surface area contributed by atoms with Gasteiger partial charge in [0.05, 0.1) is 25.4 Å². The normalized spacial score (nSPS) is 22.4. The standard InChI is InChI=1S/C15H32N2O3/c1-13(2)20-12-15(18)11-17-8-5-4-6-14(17)10-16-7-9-19-3/h13-16,18H,4-12H2,1-3H3. The molecule has 0 aromatic heterocycles. The lowest BCUT2D eigenvalue weighted by Crippen LogP contribution is -2.49. The monoisotopic (exact) mass is 288 g/mol. The largest absolute Gasteiger partial charge is 0.389 e. The molecule has 1 aliphatic rings. The molecule has 2 unspecified atom stereocenters. The van der Waals surface area contributed by atoms with Crippen molar-refractivity contribution in [1.82, 2.24) is 10.2 Å². The molecule has 0 amide bonds. The molecule has 5 heteroatoms. The van der Waals surface area contributed by atoms with Crippen LogP contribution in [-0.2, 0) is 9.47 Å². The quantitative estimate of drug-likeness (QED) is 0.584. The first-order valence-electron chi connectivity index (χ1n) is 7.86. The molecule has 1 heterocycles. The van der Waals surface area contributed by atoms with Crippen molar-refractivity contribution in [3.63, 3.8) is 0 Å². The number of hydrogen-bond acceptors (Lipinski definition) is 5. The molecule has 1 saturated heterocycles. The van der Waals surface area contributed by atoms with Gasteiger partial charge in [0, 0.05) is 32.8 Å². The third-order valence-electron chi connectivity index (χ3n) is 3.68. The molecule has 20 heavy (non-hydrogen) atoms. The van der Waals surface area contributed by atoms with Crippen molar-refractivity contribution >= 4 is 0 Å². The second-order valence-corrected chi connectivity index (χ2v) is 5.88. The van der Waals surface area contributed by atoms with Gasteiger partial charge < -0.3 is 19.9 Å². The number of hydrogen-bond donors (Lipinski definition) is 2. The van der Waals surface area contributed by atoms with E-state index in [1.165, 1.54) is 19.3 Å². The fraction of sp³-hybridized carbons (Fsp3) is 1.00. The number of piperidine rings is 1. The Morgan fingerprint density at radius 2 is 2.15 bits per heavy atom. The second-order valence-electron chi connectivity index (χ2n) is 5.88. The minimum atomic E-state index is -0.392. The number of nitrogens with zero attached hydrogens (tertiary/aromatic N) is 1. The summed E-state index contributed by atoms with van der Waals surface area (Å²) in [6.45, 7) is 8.82. The summed E-state index contributed by atoms with van der Waals surface area (Å²) in [5, 5.41) is 13.5. The van der Waals surface area contributed by atoms with Crippen LogP contribution in [0.4, 0.5) is 0 Å². The zero-order valence-electron chi connectivity index (χ0n) is 13.3. The molecule has 1 aliphatic heterocycles. The predicted octanol–water partition coefficient (Wildman–Crippen LogP) is 0.863. The maximum absolute atomic E-state index is 10.1. The molecular weight excluding hydrogens is 256 g/mol. The topological polar surface area (TPSA) is 54.0 Å². The highest BCUT2D eigenvalue weighted by Crippen LogP contribution is 2.16. The molecule has 0 aromatic rings. The summed E-state index contributed by atoms with van der Waals surface area (Å²) in [7, 11) is 1.72. The van der Waals surface area contributed by atoms with Crippen LogP contribution in [0.5, 0.6) is 0 Å². The Kier molecular flexibility index (Phi) is 9.39. The molecule has 0 aliphatic carbocycles. The molecule has 120 valence electrons. The molecule has 2 atom stereocenters. The van der Waals surface area contributed by atoms with Crippen molar-refractivity contribution in [2.24, 2.45) is 0 Å². The van der Waals surface area contributed by atoms with E-state index < -0.39 is 6.10 Å². The fourth-order valence-corrected chi connectivity index (χ4v) is 2.60.